The van der Waals surface area contributed by atoms with Crippen LogP contribution in [0.1, 0.15) is 47.9 Å². The number of carbonyl (C=O) groups excluding carboxylic acids is 2. The minimum absolute atomic E-state index is 0.0958. The molecule has 1 saturated carbocycles. The summed E-state index contributed by atoms with van der Waals surface area (Å²) in [6, 6.07) is 25.2. The summed E-state index contributed by atoms with van der Waals surface area (Å²) in [6.45, 7) is 4.26. The number of aryl methyl sites for hydroxylation is 2. The molecule has 1 atom stereocenters. The van der Waals surface area contributed by atoms with Crippen molar-refractivity contribution in [2.45, 2.75) is 64.6 Å². The summed E-state index contributed by atoms with van der Waals surface area (Å²) >= 11 is 0. The number of ether oxygens (including phenoxy) is 1. The van der Waals surface area contributed by atoms with Gasteiger partial charge in [0.15, 0.2) is 6.61 Å². The van der Waals surface area contributed by atoms with E-state index in [1.165, 1.54) is 0 Å². The zero-order chi connectivity index (χ0) is 25.3. The molecule has 1 fully saturated rings. The van der Waals surface area contributed by atoms with Gasteiger partial charge in [-0.2, -0.15) is 0 Å². The molecule has 0 aliphatic heterocycles. The van der Waals surface area contributed by atoms with Crippen molar-refractivity contribution in [3.63, 3.8) is 0 Å². The number of carbonyl (C=O) groups is 2. The first-order valence-corrected chi connectivity index (χ1v) is 12.9. The Morgan fingerprint density at radius 2 is 1.47 bits per heavy atom. The second-order valence-electron chi connectivity index (χ2n) is 9.80. The molecule has 36 heavy (non-hydrogen) atoms. The average Bonchev–Trinajstić information content (AvgIpc) is 3.40. The van der Waals surface area contributed by atoms with Crippen LogP contribution in [0.4, 0.5) is 0 Å². The Labute approximate surface area is 214 Å². The lowest BCUT2D eigenvalue weighted by molar-refractivity contribution is -0.143. The van der Waals surface area contributed by atoms with E-state index in [0.717, 1.165) is 47.9 Å². The molecule has 0 saturated heterocycles. The van der Waals surface area contributed by atoms with E-state index in [1.807, 2.05) is 92.7 Å². The Morgan fingerprint density at radius 1 is 0.861 bits per heavy atom. The monoisotopic (exact) mass is 484 g/mol. The van der Waals surface area contributed by atoms with Gasteiger partial charge in [-0.1, -0.05) is 90.7 Å². The van der Waals surface area contributed by atoms with E-state index in [2.05, 4.69) is 5.32 Å². The zero-order valence-electron chi connectivity index (χ0n) is 21.3. The van der Waals surface area contributed by atoms with E-state index in [9.17, 15) is 9.59 Å². The van der Waals surface area contributed by atoms with Crippen molar-refractivity contribution in [2.24, 2.45) is 0 Å². The summed E-state index contributed by atoms with van der Waals surface area (Å²) in [5.74, 6) is 0.333. The highest BCUT2D eigenvalue weighted by atomic mass is 16.5. The van der Waals surface area contributed by atoms with Gasteiger partial charge in [0.1, 0.15) is 11.8 Å². The van der Waals surface area contributed by atoms with Gasteiger partial charge in [-0.15, -0.1) is 0 Å². The normalized spacial score (nSPS) is 14.3. The number of hydrogen-bond donors (Lipinski definition) is 1. The largest absolute Gasteiger partial charge is 0.484 e. The number of nitrogens with one attached hydrogen (secondary N) is 1. The highest BCUT2D eigenvalue weighted by Gasteiger charge is 2.32. The predicted molar refractivity (Wildman–Crippen MR) is 143 cm³/mol. The molecule has 5 nitrogen and oxygen atoms in total. The molecule has 3 aromatic rings. The molecule has 5 heteroatoms. The molecule has 1 aliphatic rings. The van der Waals surface area contributed by atoms with Crippen LogP contribution in [-0.2, 0) is 22.6 Å². The molecule has 1 N–H and O–H groups in total. The standard InChI is InChI=1S/C31H36N2O3/c1-23-12-16-26(17-13-23)21-33(30(34)22-36-28-18-14-24(2)15-19-28)29(20-25-8-4-3-5-9-25)31(35)32-27-10-6-7-11-27/h3-5,8-9,12-19,27,29H,6-7,10-11,20-22H2,1-2H3,(H,32,35)/t29-/m1/s1. The maximum Gasteiger partial charge on any atom is 0.261 e. The number of nitrogens with zero attached hydrogens (tertiary/aromatic N) is 1. The van der Waals surface area contributed by atoms with Gasteiger partial charge in [0, 0.05) is 19.0 Å². The lowest BCUT2D eigenvalue weighted by Crippen LogP contribution is -2.53. The van der Waals surface area contributed by atoms with E-state index in [1.54, 1.807) is 4.90 Å². The van der Waals surface area contributed by atoms with E-state index >= 15 is 0 Å². The first kappa shape index (κ1) is 25.5. The molecule has 188 valence electrons. The van der Waals surface area contributed by atoms with E-state index in [-0.39, 0.29) is 24.5 Å². The first-order chi connectivity index (χ1) is 17.5. The first-order valence-electron chi connectivity index (χ1n) is 12.9. The SMILES string of the molecule is Cc1ccc(CN(C(=O)COc2ccc(C)cc2)[C@H](Cc2ccccc2)C(=O)NC2CCCC2)cc1. The fourth-order valence-corrected chi connectivity index (χ4v) is 4.67. The Kier molecular flexibility index (Phi) is 8.77. The number of rotatable bonds is 10. The molecule has 0 aromatic heterocycles. The van der Waals surface area contributed by atoms with Gasteiger partial charge in [0.2, 0.25) is 5.91 Å². The fourth-order valence-electron chi connectivity index (χ4n) is 4.67. The minimum atomic E-state index is -0.636. The van der Waals surface area contributed by atoms with Crippen LogP contribution in [0.15, 0.2) is 78.9 Å². The van der Waals surface area contributed by atoms with Crippen LogP contribution in [-0.4, -0.2) is 35.4 Å². The maximum absolute atomic E-state index is 13.7. The summed E-state index contributed by atoms with van der Waals surface area (Å²) in [5, 5.41) is 3.24. The maximum atomic E-state index is 13.7. The molecular formula is C31H36N2O3. The quantitative estimate of drug-likeness (QED) is 0.420. The summed E-state index contributed by atoms with van der Waals surface area (Å²) in [7, 11) is 0. The molecule has 3 aromatic carbocycles. The predicted octanol–water partition coefficient (Wildman–Crippen LogP) is 5.38. The molecule has 0 bridgehead atoms. The minimum Gasteiger partial charge on any atom is -0.484 e. The fraction of sp³-hybridized carbons (Fsp3) is 0.355. The second-order valence-corrected chi connectivity index (χ2v) is 9.80. The van der Waals surface area contributed by atoms with Crippen molar-refractivity contribution < 1.29 is 14.3 Å². The van der Waals surface area contributed by atoms with Gasteiger partial charge in [-0.3, -0.25) is 9.59 Å². The van der Waals surface area contributed by atoms with E-state index in [0.29, 0.717) is 18.7 Å². The van der Waals surface area contributed by atoms with E-state index in [4.69, 9.17) is 4.74 Å². The van der Waals surface area contributed by atoms with Crippen molar-refractivity contribution in [3.8, 4) is 5.75 Å². The Bertz CT molecular complexity index is 1120. The summed E-state index contributed by atoms with van der Waals surface area (Å²) in [4.78, 5) is 29.0. The third-order valence-corrected chi connectivity index (χ3v) is 6.83. The molecule has 0 unspecified atom stereocenters. The van der Waals surface area contributed by atoms with Crippen molar-refractivity contribution in [2.75, 3.05) is 6.61 Å². The van der Waals surface area contributed by atoms with Gasteiger partial charge in [-0.05, 0) is 49.9 Å². The number of hydrogen-bond acceptors (Lipinski definition) is 3. The van der Waals surface area contributed by atoms with Gasteiger partial charge in [0.05, 0.1) is 0 Å². The van der Waals surface area contributed by atoms with Gasteiger partial charge in [-0.25, -0.2) is 0 Å². The van der Waals surface area contributed by atoms with Crippen molar-refractivity contribution in [1.82, 2.24) is 10.2 Å². The second kappa shape index (κ2) is 12.4. The van der Waals surface area contributed by atoms with Gasteiger partial charge >= 0.3 is 0 Å². The van der Waals surface area contributed by atoms with Crippen molar-refractivity contribution in [1.29, 1.82) is 0 Å². The highest BCUT2D eigenvalue weighted by Crippen LogP contribution is 2.20. The van der Waals surface area contributed by atoms with Crippen molar-refractivity contribution in [3.05, 3.63) is 101 Å². The van der Waals surface area contributed by atoms with Crippen LogP contribution in [0.3, 0.4) is 0 Å². The van der Waals surface area contributed by atoms with Crippen LogP contribution in [0.25, 0.3) is 0 Å². The number of benzene rings is 3. The van der Waals surface area contributed by atoms with Crippen molar-refractivity contribution >= 4 is 11.8 Å². The number of amides is 2. The lowest BCUT2D eigenvalue weighted by Gasteiger charge is -2.32. The van der Waals surface area contributed by atoms with Crippen LogP contribution >= 0.6 is 0 Å². The smallest absolute Gasteiger partial charge is 0.261 e. The molecule has 4 rings (SSSR count). The summed E-state index contributed by atoms with van der Waals surface area (Å²) < 4.78 is 5.85. The Morgan fingerprint density at radius 3 is 2.11 bits per heavy atom. The molecular weight excluding hydrogens is 448 g/mol. The van der Waals surface area contributed by atoms with Crippen LogP contribution in [0.5, 0.6) is 5.75 Å². The molecule has 2 amide bonds. The highest BCUT2D eigenvalue weighted by molar-refractivity contribution is 5.88. The Balaban J connectivity index is 1.59. The third-order valence-electron chi connectivity index (χ3n) is 6.83. The molecule has 0 radical (unpaired) electrons. The molecule has 1 aliphatic carbocycles. The zero-order valence-corrected chi connectivity index (χ0v) is 21.3. The summed E-state index contributed by atoms with van der Waals surface area (Å²) in [6.07, 6.45) is 4.69. The van der Waals surface area contributed by atoms with Crippen LogP contribution < -0.4 is 10.1 Å². The van der Waals surface area contributed by atoms with Crippen LogP contribution in [0, 0.1) is 13.8 Å². The third kappa shape index (κ3) is 7.20. The molecule has 0 heterocycles. The van der Waals surface area contributed by atoms with Gasteiger partial charge in [0.25, 0.3) is 5.91 Å². The van der Waals surface area contributed by atoms with Crippen LogP contribution in [0.2, 0.25) is 0 Å². The molecule has 0 spiro atoms. The average molecular weight is 485 g/mol. The summed E-state index contributed by atoms with van der Waals surface area (Å²) in [5.41, 5.74) is 4.28. The van der Waals surface area contributed by atoms with E-state index < -0.39 is 6.04 Å². The Hall–Kier alpha value is -3.60. The lowest BCUT2D eigenvalue weighted by atomic mass is 10.0. The topological polar surface area (TPSA) is 58.6 Å². The van der Waals surface area contributed by atoms with Gasteiger partial charge < -0.3 is 15.0 Å².